The Morgan fingerprint density at radius 2 is 2.31 bits per heavy atom. The molecule has 16 heavy (non-hydrogen) atoms. The molecule has 0 saturated heterocycles. The summed E-state index contributed by atoms with van der Waals surface area (Å²) in [6.45, 7) is 0.626. The quantitative estimate of drug-likeness (QED) is 0.851. The Balaban J connectivity index is 2.49. The lowest BCUT2D eigenvalue weighted by Gasteiger charge is -2.07. The highest BCUT2D eigenvalue weighted by Crippen LogP contribution is 2.25. The standard InChI is InChI=1S/C11H15BrN2O2/c1-16-10-3-2-8(6-9(10)12)4-5-14-11(15)7-13/h2-3,6H,4-5,7,13H2,1H3,(H,14,15). The first-order valence-electron chi connectivity index (χ1n) is 4.96. The molecule has 0 radical (unpaired) electrons. The topological polar surface area (TPSA) is 64.3 Å². The number of hydrogen-bond acceptors (Lipinski definition) is 3. The number of hydrogen-bond donors (Lipinski definition) is 2. The highest BCUT2D eigenvalue weighted by molar-refractivity contribution is 9.10. The second kappa shape index (κ2) is 6.50. The number of nitrogens with two attached hydrogens (primary N) is 1. The van der Waals surface area contributed by atoms with E-state index in [0.717, 1.165) is 22.2 Å². The van der Waals surface area contributed by atoms with E-state index in [4.69, 9.17) is 10.5 Å². The van der Waals surface area contributed by atoms with E-state index in [1.807, 2.05) is 18.2 Å². The highest BCUT2D eigenvalue weighted by atomic mass is 79.9. The van der Waals surface area contributed by atoms with Gasteiger partial charge in [-0.05, 0) is 40.0 Å². The fraction of sp³-hybridized carbons (Fsp3) is 0.364. The van der Waals surface area contributed by atoms with Crippen molar-refractivity contribution >= 4 is 21.8 Å². The molecule has 0 aliphatic heterocycles. The number of halogens is 1. The summed E-state index contributed by atoms with van der Waals surface area (Å²) in [5.41, 5.74) is 6.31. The molecule has 3 N–H and O–H groups in total. The minimum atomic E-state index is -0.132. The lowest BCUT2D eigenvalue weighted by molar-refractivity contribution is -0.119. The number of carbonyl (C=O) groups is 1. The summed E-state index contributed by atoms with van der Waals surface area (Å²) in [5, 5.41) is 2.72. The predicted octanol–water partition coefficient (Wildman–Crippen LogP) is 1.08. The van der Waals surface area contributed by atoms with Gasteiger partial charge in [-0.15, -0.1) is 0 Å². The largest absolute Gasteiger partial charge is 0.496 e. The lowest BCUT2D eigenvalue weighted by Crippen LogP contribution is -2.31. The molecule has 0 atom stereocenters. The Kier molecular flexibility index (Phi) is 5.28. The maximum absolute atomic E-state index is 10.9. The van der Waals surface area contributed by atoms with Gasteiger partial charge < -0.3 is 15.8 Å². The molecule has 0 heterocycles. The van der Waals surface area contributed by atoms with E-state index in [1.165, 1.54) is 0 Å². The second-order valence-electron chi connectivity index (χ2n) is 3.27. The van der Waals surface area contributed by atoms with Crippen molar-refractivity contribution in [3.05, 3.63) is 28.2 Å². The molecule has 1 amide bonds. The van der Waals surface area contributed by atoms with Gasteiger partial charge in [-0.25, -0.2) is 0 Å². The molecule has 5 heteroatoms. The number of nitrogens with one attached hydrogen (secondary N) is 1. The van der Waals surface area contributed by atoms with Gasteiger partial charge in [0, 0.05) is 6.54 Å². The average Bonchev–Trinajstić information content (AvgIpc) is 2.29. The molecule has 0 aliphatic rings. The molecule has 0 fully saturated rings. The number of carbonyl (C=O) groups excluding carboxylic acids is 1. The molecule has 0 aliphatic carbocycles. The van der Waals surface area contributed by atoms with Crippen LogP contribution in [0.25, 0.3) is 0 Å². The van der Waals surface area contributed by atoms with Crippen molar-refractivity contribution in [1.82, 2.24) is 5.32 Å². The molecule has 1 aromatic carbocycles. The van der Waals surface area contributed by atoms with Gasteiger partial charge in [-0.2, -0.15) is 0 Å². The predicted molar refractivity (Wildman–Crippen MR) is 66.5 cm³/mol. The van der Waals surface area contributed by atoms with E-state index in [0.29, 0.717) is 6.54 Å². The summed E-state index contributed by atoms with van der Waals surface area (Å²) in [6, 6.07) is 5.84. The molecule has 88 valence electrons. The zero-order valence-corrected chi connectivity index (χ0v) is 10.7. The van der Waals surface area contributed by atoms with Gasteiger partial charge in [0.1, 0.15) is 5.75 Å². The van der Waals surface area contributed by atoms with Crippen molar-refractivity contribution in [2.45, 2.75) is 6.42 Å². The third-order valence-electron chi connectivity index (χ3n) is 2.14. The summed E-state index contributed by atoms with van der Waals surface area (Å²) >= 11 is 3.41. The van der Waals surface area contributed by atoms with Crippen LogP contribution in [0.4, 0.5) is 0 Å². The molecule has 0 saturated carbocycles. The zero-order chi connectivity index (χ0) is 12.0. The zero-order valence-electron chi connectivity index (χ0n) is 9.13. The van der Waals surface area contributed by atoms with Crippen LogP contribution in [-0.4, -0.2) is 26.1 Å². The smallest absolute Gasteiger partial charge is 0.233 e. The second-order valence-corrected chi connectivity index (χ2v) is 4.13. The number of rotatable bonds is 5. The molecule has 1 aromatic rings. The number of ether oxygens (including phenoxy) is 1. The normalized spacial score (nSPS) is 9.94. The maximum Gasteiger partial charge on any atom is 0.233 e. The fourth-order valence-corrected chi connectivity index (χ4v) is 1.87. The summed E-state index contributed by atoms with van der Waals surface area (Å²) in [4.78, 5) is 10.9. The van der Waals surface area contributed by atoms with E-state index in [-0.39, 0.29) is 12.5 Å². The van der Waals surface area contributed by atoms with Crippen molar-refractivity contribution in [1.29, 1.82) is 0 Å². The van der Waals surface area contributed by atoms with Gasteiger partial charge in [0.2, 0.25) is 5.91 Å². The Labute approximate surface area is 103 Å². The van der Waals surface area contributed by atoms with Gasteiger partial charge in [0.15, 0.2) is 0 Å². The third-order valence-corrected chi connectivity index (χ3v) is 2.76. The minimum absolute atomic E-state index is 0.0340. The number of amides is 1. The monoisotopic (exact) mass is 286 g/mol. The van der Waals surface area contributed by atoms with Crippen molar-refractivity contribution in [3.63, 3.8) is 0 Å². The first-order valence-corrected chi connectivity index (χ1v) is 5.76. The maximum atomic E-state index is 10.9. The molecular formula is C11H15BrN2O2. The number of methoxy groups -OCH3 is 1. The summed E-state index contributed by atoms with van der Waals surface area (Å²) in [5.74, 6) is 0.669. The SMILES string of the molecule is COc1ccc(CCNC(=O)CN)cc1Br. The molecule has 0 aromatic heterocycles. The first-order chi connectivity index (χ1) is 7.67. The van der Waals surface area contributed by atoms with Crippen LogP contribution in [-0.2, 0) is 11.2 Å². The van der Waals surface area contributed by atoms with Crippen LogP contribution in [0.2, 0.25) is 0 Å². The van der Waals surface area contributed by atoms with E-state index in [9.17, 15) is 4.79 Å². The number of benzene rings is 1. The Morgan fingerprint density at radius 1 is 1.56 bits per heavy atom. The summed E-state index contributed by atoms with van der Waals surface area (Å²) < 4.78 is 6.04. The van der Waals surface area contributed by atoms with E-state index >= 15 is 0 Å². The van der Waals surface area contributed by atoms with Crippen molar-refractivity contribution in [2.24, 2.45) is 5.73 Å². The Morgan fingerprint density at radius 3 is 2.88 bits per heavy atom. The average molecular weight is 287 g/mol. The third kappa shape index (κ3) is 3.83. The van der Waals surface area contributed by atoms with Crippen molar-refractivity contribution < 1.29 is 9.53 Å². The van der Waals surface area contributed by atoms with Crippen LogP contribution >= 0.6 is 15.9 Å². The van der Waals surface area contributed by atoms with Crippen molar-refractivity contribution in [3.8, 4) is 5.75 Å². The lowest BCUT2D eigenvalue weighted by atomic mass is 10.1. The van der Waals surface area contributed by atoms with E-state index < -0.39 is 0 Å². The van der Waals surface area contributed by atoms with Gasteiger partial charge in [-0.1, -0.05) is 6.07 Å². The van der Waals surface area contributed by atoms with Crippen molar-refractivity contribution in [2.75, 3.05) is 20.2 Å². The van der Waals surface area contributed by atoms with E-state index in [2.05, 4.69) is 21.2 Å². The Hall–Kier alpha value is -1.07. The molecule has 4 nitrogen and oxygen atoms in total. The van der Waals surface area contributed by atoms with Gasteiger partial charge in [-0.3, -0.25) is 4.79 Å². The Bertz CT molecular complexity index is 369. The van der Waals surface area contributed by atoms with Crippen LogP contribution in [0, 0.1) is 0 Å². The molecule has 0 spiro atoms. The molecule has 0 unspecified atom stereocenters. The van der Waals surface area contributed by atoms with Crippen LogP contribution < -0.4 is 15.8 Å². The summed E-state index contributed by atoms with van der Waals surface area (Å²) in [7, 11) is 1.63. The van der Waals surface area contributed by atoms with Crippen LogP contribution in [0.5, 0.6) is 5.75 Å². The van der Waals surface area contributed by atoms with Crippen LogP contribution in [0.15, 0.2) is 22.7 Å². The molecule has 1 rings (SSSR count). The summed E-state index contributed by atoms with van der Waals surface area (Å²) in [6.07, 6.45) is 0.772. The van der Waals surface area contributed by atoms with Gasteiger partial charge in [0.05, 0.1) is 18.1 Å². The minimum Gasteiger partial charge on any atom is -0.496 e. The van der Waals surface area contributed by atoms with E-state index in [1.54, 1.807) is 7.11 Å². The van der Waals surface area contributed by atoms with Crippen LogP contribution in [0.3, 0.4) is 0 Å². The van der Waals surface area contributed by atoms with Crippen LogP contribution in [0.1, 0.15) is 5.56 Å². The van der Waals surface area contributed by atoms with Gasteiger partial charge >= 0.3 is 0 Å². The first kappa shape index (κ1) is 13.0. The highest BCUT2D eigenvalue weighted by Gasteiger charge is 2.02. The van der Waals surface area contributed by atoms with Gasteiger partial charge in [0.25, 0.3) is 0 Å². The molecule has 0 bridgehead atoms. The fourth-order valence-electron chi connectivity index (χ4n) is 1.28. The molecular weight excluding hydrogens is 272 g/mol.